The fourth-order valence-corrected chi connectivity index (χ4v) is 4.78. The summed E-state index contributed by atoms with van der Waals surface area (Å²) in [4.78, 5) is 11.3. The number of nitrogens with zero attached hydrogens (tertiary/aromatic N) is 1. The highest BCUT2D eigenvalue weighted by Gasteiger charge is 2.31. The van der Waals surface area contributed by atoms with E-state index in [4.69, 9.17) is 0 Å². The molecule has 0 amide bonds. The predicted molar refractivity (Wildman–Crippen MR) is 117 cm³/mol. The van der Waals surface area contributed by atoms with E-state index < -0.39 is 22.4 Å². The van der Waals surface area contributed by atoms with Crippen molar-refractivity contribution >= 4 is 21.7 Å². The molecule has 0 aromatic heterocycles. The Kier molecular flexibility index (Phi) is 6.68. The van der Waals surface area contributed by atoms with Gasteiger partial charge in [0.1, 0.15) is 5.75 Å². The number of halogens is 3. The van der Waals surface area contributed by atoms with Crippen molar-refractivity contribution in [1.29, 1.82) is 0 Å². The lowest BCUT2D eigenvalue weighted by Gasteiger charge is -2.23. The van der Waals surface area contributed by atoms with E-state index in [2.05, 4.69) is 4.74 Å². The molecule has 0 saturated heterocycles. The fraction of sp³-hybridized carbons (Fsp3) is 0.174. The van der Waals surface area contributed by atoms with Crippen LogP contribution in [0, 0.1) is 6.92 Å². The first-order valence-corrected chi connectivity index (χ1v) is 11.2. The number of ether oxygens (including phenoxy) is 1. The van der Waals surface area contributed by atoms with E-state index in [9.17, 15) is 31.5 Å². The third-order valence-electron chi connectivity index (χ3n) is 4.89. The summed E-state index contributed by atoms with van der Waals surface area (Å²) in [5.41, 5.74) is 1.98. The summed E-state index contributed by atoms with van der Waals surface area (Å²) >= 11 is 0. The van der Waals surface area contributed by atoms with Crippen LogP contribution >= 0.6 is 0 Å². The van der Waals surface area contributed by atoms with Gasteiger partial charge in [0.25, 0.3) is 10.0 Å². The molecule has 0 saturated carbocycles. The Morgan fingerprint density at radius 1 is 0.970 bits per heavy atom. The fourth-order valence-electron chi connectivity index (χ4n) is 3.28. The number of alkyl halides is 3. The van der Waals surface area contributed by atoms with Gasteiger partial charge in [-0.05, 0) is 66.9 Å². The smallest absolute Gasteiger partial charge is 0.478 e. The summed E-state index contributed by atoms with van der Waals surface area (Å²) in [6, 6.07) is 15.7. The van der Waals surface area contributed by atoms with Crippen LogP contribution in [0.4, 0.5) is 18.9 Å². The van der Waals surface area contributed by atoms with Gasteiger partial charge in [-0.1, -0.05) is 30.3 Å². The molecule has 0 heterocycles. The molecule has 6 nitrogen and oxygen atoms in total. The number of sulfonamides is 1. The number of benzene rings is 3. The van der Waals surface area contributed by atoms with Gasteiger partial charge in [0.15, 0.2) is 0 Å². The monoisotopic (exact) mass is 479 g/mol. The molecule has 0 fully saturated rings. The van der Waals surface area contributed by atoms with Crippen molar-refractivity contribution in [3.05, 3.63) is 77.9 Å². The van der Waals surface area contributed by atoms with Gasteiger partial charge in [-0.2, -0.15) is 0 Å². The van der Waals surface area contributed by atoms with Crippen LogP contribution in [0.25, 0.3) is 11.1 Å². The number of hydrogen-bond donors (Lipinski definition) is 1. The lowest BCUT2D eigenvalue weighted by molar-refractivity contribution is -0.274. The third kappa shape index (κ3) is 5.46. The Balaban J connectivity index is 1.88. The van der Waals surface area contributed by atoms with Gasteiger partial charge < -0.3 is 9.84 Å². The molecule has 3 rings (SSSR count). The third-order valence-corrected chi connectivity index (χ3v) is 6.79. The molecule has 3 aromatic rings. The van der Waals surface area contributed by atoms with E-state index in [1.807, 2.05) is 0 Å². The zero-order valence-corrected chi connectivity index (χ0v) is 18.4. The highest BCUT2D eigenvalue weighted by molar-refractivity contribution is 7.92. The van der Waals surface area contributed by atoms with Crippen LogP contribution in [0.15, 0.2) is 71.6 Å². The zero-order chi connectivity index (χ0) is 24.4. The molecule has 3 aromatic carbocycles. The molecule has 10 heteroatoms. The minimum atomic E-state index is -4.78. The summed E-state index contributed by atoms with van der Waals surface area (Å²) in [7, 11) is -4.03. The Morgan fingerprint density at radius 3 is 2.00 bits per heavy atom. The molecule has 1 N–H and O–H groups in total. The highest BCUT2D eigenvalue weighted by Crippen LogP contribution is 2.30. The van der Waals surface area contributed by atoms with Crippen LogP contribution in [0.5, 0.6) is 5.75 Å². The molecule has 174 valence electrons. The van der Waals surface area contributed by atoms with Crippen molar-refractivity contribution in [1.82, 2.24) is 0 Å². The van der Waals surface area contributed by atoms with Gasteiger partial charge in [0.05, 0.1) is 16.1 Å². The lowest BCUT2D eigenvalue weighted by Crippen LogP contribution is -2.31. The molecule has 0 radical (unpaired) electrons. The number of carboxylic acid groups (broad SMARTS) is 1. The summed E-state index contributed by atoms with van der Waals surface area (Å²) in [5.74, 6) is -1.56. The van der Waals surface area contributed by atoms with Gasteiger partial charge in [0, 0.05) is 6.54 Å². The number of aryl methyl sites for hydroxylation is 1. The van der Waals surface area contributed by atoms with E-state index in [1.165, 1.54) is 36.4 Å². The molecule has 0 atom stereocenters. The van der Waals surface area contributed by atoms with E-state index >= 15 is 0 Å². The Bertz CT molecular complexity index is 1250. The first-order valence-electron chi connectivity index (χ1n) is 9.75. The number of aromatic carboxylic acids is 1. The average molecular weight is 479 g/mol. The molecular formula is C23H20F3NO5S. The van der Waals surface area contributed by atoms with Gasteiger partial charge in [0.2, 0.25) is 0 Å². The van der Waals surface area contributed by atoms with Crippen molar-refractivity contribution in [3.63, 3.8) is 0 Å². The predicted octanol–water partition coefficient (Wildman–Crippen LogP) is 5.47. The quantitative estimate of drug-likeness (QED) is 0.486. The maximum Gasteiger partial charge on any atom is 0.573 e. The second-order valence-corrected chi connectivity index (χ2v) is 8.93. The SMILES string of the molecule is CCN(c1ccc(-c2ccc(OC(F)(F)F)cc2)cc1)S(=O)(=O)c1ccc(C)c(C(=O)O)c1. The Hall–Kier alpha value is -3.53. The molecule has 33 heavy (non-hydrogen) atoms. The molecule has 0 aliphatic rings. The number of rotatable bonds is 7. The first kappa shape index (κ1) is 24.1. The molecule has 0 bridgehead atoms. The number of carbonyl (C=O) groups is 1. The second-order valence-electron chi connectivity index (χ2n) is 7.07. The van der Waals surface area contributed by atoms with Crippen molar-refractivity contribution in [2.24, 2.45) is 0 Å². The van der Waals surface area contributed by atoms with Crippen LogP contribution in [0.1, 0.15) is 22.8 Å². The van der Waals surface area contributed by atoms with Crippen molar-refractivity contribution < 1.29 is 36.2 Å². The van der Waals surface area contributed by atoms with Crippen LogP contribution in [0.3, 0.4) is 0 Å². The minimum Gasteiger partial charge on any atom is -0.478 e. The Morgan fingerprint density at radius 2 is 1.52 bits per heavy atom. The van der Waals surface area contributed by atoms with Crippen molar-refractivity contribution in [2.45, 2.75) is 25.1 Å². The largest absolute Gasteiger partial charge is 0.573 e. The molecular weight excluding hydrogens is 459 g/mol. The molecule has 0 aliphatic carbocycles. The van der Waals surface area contributed by atoms with E-state index in [0.717, 1.165) is 10.4 Å². The van der Waals surface area contributed by atoms with Gasteiger partial charge in [-0.3, -0.25) is 4.31 Å². The van der Waals surface area contributed by atoms with Gasteiger partial charge >= 0.3 is 12.3 Å². The van der Waals surface area contributed by atoms with Crippen LogP contribution in [0.2, 0.25) is 0 Å². The lowest BCUT2D eigenvalue weighted by atomic mass is 10.1. The van der Waals surface area contributed by atoms with E-state index in [-0.39, 0.29) is 22.8 Å². The number of anilines is 1. The summed E-state index contributed by atoms with van der Waals surface area (Å²) in [5, 5.41) is 9.31. The highest BCUT2D eigenvalue weighted by atomic mass is 32.2. The summed E-state index contributed by atoms with van der Waals surface area (Å²) in [6.45, 7) is 3.33. The van der Waals surface area contributed by atoms with Crippen LogP contribution < -0.4 is 9.04 Å². The summed E-state index contributed by atoms with van der Waals surface area (Å²) in [6.07, 6.45) is -4.78. The number of hydrogen-bond acceptors (Lipinski definition) is 4. The van der Waals surface area contributed by atoms with Crippen LogP contribution in [-0.4, -0.2) is 32.4 Å². The first-order chi connectivity index (χ1) is 15.4. The Labute approximate surface area is 188 Å². The normalized spacial score (nSPS) is 11.8. The molecule has 0 aliphatic heterocycles. The van der Waals surface area contributed by atoms with E-state index in [0.29, 0.717) is 22.4 Å². The maximum absolute atomic E-state index is 13.2. The topological polar surface area (TPSA) is 83.9 Å². The average Bonchev–Trinajstić information content (AvgIpc) is 2.74. The zero-order valence-electron chi connectivity index (χ0n) is 17.6. The standard InChI is InChI=1S/C23H20F3NO5S/c1-3-27(33(30,31)20-13-4-15(2)21(14-20)22(28)29)18-9-5-16(6-10-18)17-7-11-19(12-8-17)32-23(24,25)26/h4-14H,3H2,1-2H3,(H,28,29). The van der Waals surface area contributed by atoms with Crippen molar-refractivity contribution in [3.8, 4) is 16.9 Å². The van der Waals surface area contributed by atoms with Crippen LogP contribution in [-0.2, 0) is 10.0 Å². The second kappa shape index (κ2) is 9.14. The summed E-state index contributed by atoms with van der Waals surface area (Å²) < 4.78 is 68.3. The molecule has 0 spiro atoms. The van der Waals surface area contributed by atoms with Gasteiger partial charge in [-0.15, -0.1) is 13.2 Å². The number of carboxylic acids is 1. The molecule has 0 unspecified atom stereocenters. The van der Waals surface area contributed by atoms with Crippen molar-refractivity contribution in [2.75, 3.05) is 10.8 Å². The maximum atomic E-state index is 13.2. The minimum absolute atomic E-state index is 0.0968. The van der Waals surface area contributed by atoms with Gasteiger partial charge in [-0.25, -0.2) is 13.2 Å². The van der Waals surface area contributed by atoms with E-state index in [1.54, 1.807) is 38.1 Å².